The van der Waals surface area contributed by atoms with Gasteiger partial charge in [0.05, 0.1) is 0 Å². The van der Waals surface area contributed by atoms with Gasteiger partial charge in [-0.25, -0.2) is 0 Å². The molecule has 0 radical (unpaired) electrons. The normalized spacial score (nSPS) is 31.1. The molecule has 0 spiro atoms. The van der Waals surface area contributed by atoms with Crippen LogP contribution in [0.1, 0.15) is 40.0 Å². The van der Waals surface area contributed by atoms with Gasteiger partial charge < -0.3 is 4.74 Å². The summed E-state index contributed by atoms with van der Waals surface area (Å²) >= 11 is 5.40. The topological polar surface area (TPSA) is 26.3 Å². The van der Waals surface area contributed by atoms with E-state index in [0.29, 0.717) is 5.92 Å². The Morgan fingerprint density at radius 1 is 1.50 bits per heavy atom. The Hall–Kier alpha value is -0.240. The van der Waals surface area contributed by atoms with Crippen molar-refractivity contribution < 1.29 is 9.53 Å². The van der Waals surface area contributed by atoms with Gasteiger partial charge in [0.25, 0.3) is 0 Å². The Balaban J connectivity index is 2.50. The standard InChI is InChI=1S/C11H19ClO2/c1-8-4-9(14-10(13)7-12)6-11(2,3)5-8/h8-9H,4-7H2,1-3H3/t8-,9-/m0/s1. The lowest BCUT2D eigenvalue weighted by atomic mass is 9.71. The van der Waals surface area contributed by atoms with E-state index in [9.17, 15) is 4.79 Å². The molecule has 1 fully saturated rings. The largest absolute Gasteiger partial charge is 0.461 e. The van der Waals surface area contributed by atoms with Gasteiger partial charge in [-0.3, -0.25) is 4.79 Å². The molecule has 14 heavy (non-hydrogen) atoms. The number of hydrogen-bond donors (Lipinski definition) is 0. The maximum atomic E-state index is 11.0. The number of carbonyl (C=O) groups is 1. The summed E-state index contributed by atoms with van der Waals surface area (Å²) in [6.45, 7) is 6.66. The summed E-state index contributed by atoms with van der Waals surface area (Å²) in [6, 6.07) is 0. The van der Waals surface area contributed by atoms with Crippen LogP contribution in [0, 0.1) is 11.3 Å². The molecule has 1 aliphatic carbocycles. The number of esters is 1. The van der Waals surface area contributed by atoms with Crippen LogP contribution in [0.5, 0.6) is 0 Å². The van der Waals surface area contributed by atoms with Crippen molar-refractivity contribution in [1.82, 2.24) is 0 Å². The molecule has 82 valence electrons. The molecule has 0 N–H and O–H groups in total. The number of alkyl halides is 1. The molecule has 0 aliphatic heterocycles. The zero-order chi connectivity index (χ0) is 10.8. The third-order valence-electron chi connectivity index (χ3n) is 2.75. The molecular weight excluding hydrogens is 200 g/mol. The van der Waals surface area contributed by atoms with Crippen LogP contribution in [0.3, 0.4) is 0 Å². The first-order valence-corrected chi connectivity index (χ1v) is 5.72. The van der Waals surface area contributed by atoms with Crippen LogP contribution >= 0.6 is 11.6 Å². The maximum Gasteiger partial charge on any atom is 0.321 e. The Morgan fingerprint density at radius 3 is 2.64 bits per heavy atom. The number of carbonyl (C=O) groups excluding carboxylic acids is 1. The molecule has 0 unspecified atom stereocenters. The van der Waals surface area contributed by atoms with E-state index in [1.807, 2.05) is 0 Å². The fourth-order valence-electron chi connectivity index (χ4n) is 2.57. The van der Waals surface area contributed by atoms with E-state index in [1.165, 1.54) is 6.42 Å². The first kappa shape index (κ1) is 11.8. The summed E-state index contributed by atoms with van der Waals surface area (Å²) in [5, 5.41) is 0. The lowest BCUT2D eigenvalue weighted by Gasteiger charge is -2.38. The predicted octanol–water partition coefficient (Wildman–Crippen LogP) is 2.98. The molecular formula is C11H19ClO2. The Labute approximate surface area is 91.0 Å². The van der Waals surface area contributed by atoms with Gasteiger partial charge in [0.1, 0.15) is 12.0 Å². The fraction of sp³-hybridized carbons (Fsp3) is 0.909. The Morgan fingerprint density at radius 2 is 2.14 bits per heavy atom. The molecule has 0 saturated heterocycles. The van der Waals surface area contributed by atoms with Gasteiger partial charge in [-0.05, 0) is 30.6 Å². The molecule has 1 rings (SSSR count). The monoisotopic (exact) mass is 218 g/mol. The summed E-state index contributed by atoms with van der Waals surface area (Å²) < 4.78 is 5.28. The summed E-state index contributed by atoms with van der Waals surface area (Å²) in [5.41, 5.74) is 0.287. The van der Waals surface area contributed by atoms with Crippen molar-refractivity contribution in [3.8, 4) is 0 Å². The number of ether oxygens (including phenoxy) is 1. The van der Waals surface area contributed by atoms with Crippen molar-refractivity contribution in [2.45, 2.75) is 46.1 Å². The predicted molar refractivity (Wildman–Crippen MR) is 57.4 cm³/mol. The Bertz CT molecular complexity index is 213. The minimum atomic E-state index is -0.290. The molecule has 1 saturated carbocycles. The third-order valence-corrected chi connectivity index (χ3v) is 2.97. The van der Waals surface area contributed by atoms with Crippen molar-refractivity contribution in [1.29, 1.82) is 0 Å². The van der Waals surface area contributed by atoms with Gasteiger partial charge in [-0.1, -0.05) is 20.8 Å². The molecule has 0 bridgehead atoms. The smallest absolute Gasteiger partial charge is 0.321 e. The van der Waals surface area contributed by atoms with Gasteiger partial charge in [0.15, 0.2) is 0 Å². The number of halogens is 1. The van der Waals surface area contributed by atoms with Crippen LogP contribution in [0.2, 0.25) is 0 Å². The Kier molecular flexibility index (Phi) is 3.82. The first-order valence-electron chi connectivity index (χ1n) is 5.18. The number of rotatable bonds is 2. The average molecular weight is 219 g/mol. The summed E-state index contributed by atoms with van der Waals surface area (Å²) in [7, 11) is 0. The van der Waals surface area contributed by atoms with Gasteiger partial charge in [-0.2, -0.15) is 0 Å². The van der Waals surface area contributed by atoms with Crippen LogP contribution in [0.25, 0.3) is 0 Å². The molecule has 2 atom stereocenters. The van der Waals surface area contributed by atoms with Crippen molar-refractivity contribution >= 4 is 17.6 Å². The molecule has 1 aliphatic rings. The van der Waals surface area contributed by atoms with Crippen LogP contribution in [-0.4, -0.2) is 18.0 Å². The fourth-order valence-corrected chi connectivity index (χ4v) is 2.63. The van der Waals surface area contributed by atoms with E-state index in [4.69, 9.17) is 16.3 Å². The van der Waals surface area contributed by atoms with Gasteiger partial charge in [0, 0.05) is 0 Å². The summed E-state index contributed by atoms with van der Waals surface area (Å²) in [4.78, 5) is 11.0. The van der Waals surface area contributed by atoms with E-state index in [2.05, 4.69) is 20.8 Å². The van der Waals surface area contributed by atoms with Gasteiger partial charge in [0.2, 0.25) is 0 Å². The second kappa shape index (κ2) is 4.52. The average Bonchev–Trinajstić information content (AvgIpc) is 1.99. The molecule has 0 aromatic rings. The first-order chi connectivity index (χ1) is 6.43. The summed E-state index contributed by atoms with van der Waals surface area (Å²) in [5.74, 6) is 0.305. The molecule has 0 amide bonds. The van der Waals surface area contributed by atoms with E-state index in [1.54, 1.807) is 0 Å². The zero-order valence-corrected chi connectivity index (χ0v) is 9.93. The molecule has 0 aromatic carbocycles. The van der Waals surface area contributed by atoms with E-state index in [0.717, 1.165) is 12.8 Å². The molecule has 3 heteroatoms. The van der Waals surface area contributed by atoms with Gasteiger partial charge >= 0.3 is 5.97 Å². The molecule has 0 aromatic heterocycles. The minimum absolute atomic E-state index is 0.0364. The van der Waals surface area contributed by atoms with Crippen LogP contribution < -0.4 is 0 Å². The highest BCUT2D eigenvalue weighted by atomic mass is 35.5. The van der Waals surface area contributed by atoms with E-state index >= 15 is 0 Å². The zero-order valence-electron chi connectivity index (χ0n) is 9.18. The van der Waals surface area contributed by atoms with Crippen molar-refractivity contribution in [2.75, 3.05) is 5.88 Å². The third kappa shape index (κ3) is 3.49. The van der Waals surface area contributed by atoms with E-state index < -0.39 is 0 Å². The van der Waals surface area contributed by atoms with Crippen LogP contribution in [-0.2, 0) is 9.53 Å². The second-order valence-electron chi connectivity index (χ2n) is 5.16. The highest BCUT2D eigenvalue weighted by Gasteiger charge is 2.33. The maximum absolute atomic E-state index is 11.0. The number of hydrogen-bond acceptors (Lipinski definition) is 2. The van der Waals surface area contributed by atoms with Crippen molar-refractivity contribution in [3.05, 3.63) is 0 Å². The minimum Gasteiger partial charge on any atom is -0.461 e. The van der Waals surface area contributed by atoms with Crippen molar-refractivity contribution in [3.63, 3.8) is 0 Å². The SMILES string of the molecule is C[C@H]1C[C@H](OC(=O)CCl)CC(C)(C)C1. The highest BCUT2D eigenvalue weighted by Crippen LogP contribution is 2.39. The van der Waals surface area contributed by atoms with E-state index in [-0.39, 0.29) is 23.4 Å². The lowest BCUT2D eigenvalue weighted by molar-refractivity contribution is -0.150. The van der Waals surface area contributed by atoms with Crippen LogP contribution in [0.15, 0.2) is 0 Å². The van der Waals surface area contributed by atoms with Crippen LogP contribution in [0.4, 0.5) is 0 Å². The highest BCUT2D eigenvalue weighted by molar-refractivity contribution is 6.26. The van der Waals surface area contributed by atoms with Gasteiger partial charge in [-0.15, -0.1) is 11.6 Å². The molecule has 0 heterocycles. The molecule has 2 nitrogen and oxygen atoms in total. The van der Waals surface area contributed by atoms with Crippen molar-refractivity contribution in [2.24, 2.45) is 11.3 Å². The lowest BCUT2D eigenvalue weighted by Crippen LogP contribution is -2.34. The summed E-state index contributed by atoms with van der Waals surface area (Å²) in [6.07, 6.45) is 3.22. The second-order valence-corrected chi connectivity index (χ2v) is 5.43. The quantitative estimate of drug-likeness (QED) is 0.526.